The average Bonchev–Trinajstić information content (AvgIpc) is 2.89. The molecule has 1 heterocycles. The van der Waals surface area contributed by atoms with E-state index in [4.69, 9.17) is 4.74 Å². The molecule has 0 radical (unpaired) electrons. The first-order valence-corrected chi connectivity index (χ1v) is 10.4. The van der Waals surface area contributed by atoms with E-state index in [0.717, 1.165) is 33.7 Å². The van der Waals surface area contributed by atoms with Crippen molar-refractivity contribution in [3.63, 3.8) is 0 Å². The van der Waals surface area contributed by atoms with Crippen molar-refractivity contribution < 1.29 is 13.2 Å². The number of hydrogen-bond donors (Lipinski definition) is 1. The van der Waals surface area contributed by atoms with Crippen LogP contribution in [0.5, 0.6) is 5.75 Å². The Morgan fingerprint density at radius 2 is 1.96 bits per heavy atom. The molecule has 0 fully saturated rings. The SMILES string of the molecule is Cc1cccc(OCCNS(=O)(=O)c2ccc3c(c2)sc(=O)n3C)c1C. The molecule has 0 unspecified atom stereocenters. The lowest BCUT2D eigenvalue weighted by Crippen LogP contribution is -2.28. The second kappa shape index (κ2) is 7.22. The van der Waals surface area contributed by atoms with E-state index in [1.54, 1.807) is 13.1 Å². The zero-order chi connectivity index (χ0) is 18.9. The van der Waals surface area contributed by atoms with Crippen molar-refractivity contribution >= 4 is 31.6 Å². The van der Waals surface area contributed by atoms with Crippen molar-refractivity contribution in [2.24, 2.45) is 7.05 Å². The van der Waals surface area contributed by atoms with Gasteiger partial charge in [0.2, 0.25) is 10.0 Å². The summed E-state index contributed by atoms with van der Waals surface area (Å²) in [7, 11) is -2.00. The van der Waals surface area contributed by atoms with Gasteiger partial charge in [-0.1, -0.05) is 23.5 Å². The topological polar surface area (TPSA) is 77.4 Å². The largest absolute Gasteiger partial charge is 0.492 e. The molecule has 6 nitrogen and oxygen atoms in total. The molecule has 0 aliphatic heterocycles. The van der Waals surface area contributed by atoms with Gasteiger partial charge in [-0.2, -0.15) is 0 Å². The minimum atomic E-state index is -3.66. The standard InChI is InChI=1S/C18H20N2O4S2/c1-12-5-4-6-16(13(12)2)24-10-9-19-26(22,23)14-7-8-15-17(11-14)25-18(21)20(15)3/h4-8,11,19H,9-10H2,1-3H3. The molecule has 138 valence electrons. The molecule has 1 aromatic heterocycles. The van der Waals surface area contributed by atoms with Gasteiger partial charge >= 0.3 is 4.87 Å². The van der Waals surface area contributed by atoms with Crippen molar-refractivity contribution in [2.75, 3.05) is 13.2 Å². The van der Waals surface area contributed by atoms with Gasteiger partial charge in [0, 0.05) is 13.6 Å². The van der Waals surface area contributed by atoms with Crippen LogP contribution in [0.15, 0.2) is 46.1 Å². The van der Waals surface area contributed by atoms with E-state index in [1.165, 1.54) is 16.7 Å². The smallest absolute Gasteiger partial charge is 0.307 e. The van der Waals surface area contributed by atoms with E-state index in [1.807, 2.05) is 32.0 Å². The van der Waals surface area contributed by atoms with Crippen LogP contribution in [0.4, 0.5) is 0 Å². The fraction of sp³-hybridized carbons (Fsp3) is 0.278. The molecule has 0 saturated carbocycles. The number of rotatable bonds is 6. The van der Waals surface area contributed by atoms with Gasteiger partial charge in [0.25, 0.3) is 0 Å². The van der Waals surface area contributed by atoms with Crippen molar-refractivity contribution in [1.82, 2.24) is 9.29 Å². The van der Waals surface area contributed by atoms with E-state index < -0.39 is 10.0 Å². The van der Waals surface area contributed by atoms with Crippen LogP contribution in [0.2, 0.25) is 0 Å². The summed E-state index contributed by atoms with van der Waals surface area (Å²) in [6, 6.07) is 10.4. The molecule has 3 aromatic rings. The molecular formula is C18H20N2O4S2. The fourth-order valence-corrected chi connectivity index (χ4v) is 4.61. The first-order chi connectivity index (χ1) is 12.3. The predicted octanol–water partition coefficient (Wildman–Crippen LogP) is 2.57. The summed E-state index contributed by atoms with van der Waals surface area (Å²) in [6.45, 7) is 4.34. The summed E-state index contributed by atoms with van der Waals surface area (Å²) in [5.41, 5.74) is 2.88. The van der Waals surface area contributed by atoms with Crippen LogP contribution in [-0.2, 0) is 17.1 Å². The Labute approximate surface area is 156 Å². The van der Waals surface area contributed by atoms with Crippen molar-refractivity contribution in [3.05, 3.63) is 57.2 Å². The number of hydrogen-bond acceptors (Lipinski definition) is 5. The Morgan fingerprint density at radius 1 is 1.19 bits per heavy atom. The number of benzene rings is 2. The second-order valence-corrected chi connectivity index (χ2v) is 8.76. The first kappa shape index (κ1) is 18.6. The van der Waals surface area contributed by atoms with Crippen LogP contribution in [0.3, 0.4) is 0 Å². The summed E-state index contributed by atoms with van der Waals surface area (Å²) < 4.78 is 35.3. The van der Waals surface area contributed by atoms with Gasteiger partial charge < -0.3 is 9.30 Å². The molecule has 3 rings (SSSR count). The van der Waals surface area contributed by atoms with Gasteiger partial charge in [0.15, 0.2) is 0 Å². The Balaban J connectivity index is 1.67. The Hall–Kier alpha value is -2.16. The molecule has 26 heavy (non-hydrogen) atoms. The van der Waals surface area contributed by atoms with Crippen molar-refractivity contribution in [1.29, 1.82) is 0 Å². The number of ether oxygens (including phenoxy) is 1. The third kappa shape index (κ3) is 3.67. The summed E-state index contributed by atoms with van der Waals surface area (Å²) >= 11 is 1.03. The molecule has 2 aromatic carbocycles. The zero-order valence-electron chi connectivity index (χ0n) is 14.8. The third-order valence-corrected chi connectivity index (χ3v) is 6.73. The Morgan fingerprint density at radius 3 is 2.73 bits per heavy atom. The number of thiazole rings is 1. The monoisotopic (exact) mass is 392 g/mol. The number of sulfonamides is 1. The molecule has 0 spiro atoms. The summed E-state index contributed by atoms with van der Waals surface area (Å²) in [5.74, 6) is 0.750. The van der Waals surface area contributed by atoms with Crippen LogP contribution in [0.25, 0.3) is 10.2 Å². The molecule has 0 aliphatic carbocycles. The van der Waals surface area contributed by atoms with Gasteiger partial charge in [-0.25, -0.2) is 13.1 Å². The minimum Gasteiger partial charge on any atom is -0.492 e. The van der Waals surface area contributed by atoms with Gasteiger partial charge in [-0.05, 0) is 49.2 Å². The van der Waals surface area contributed by atoms with Crippen LogP contribution < -0.4 is 14.3 Å². The van der Waals surface area contributed by atoms with E-state index in [9.17, 15) is 13.2 Å². The van der Waals surface area contributed by atoms with Gasteiger partial charge in [0.05, 0.1) is 15.1 Å². The third-order valence-electron chi connectivity index (χ3n) is 4.28. The Kier molecular flexibility index (Phi) is 5.17. The van der Waals surface area contributed by atoms with Crippen LogP contribution in [0.1, 0.15) is 11.1 Å². The Bertz CT molecular complexity index is 1110. The van der Waals surface area contributed by atoms with Crippen molar-refractivity contribution in [2.45, 2.75) is 18.7 Å². The maximum absolute atomic E-state index is 12.5. The van der Waals surface area contributed by atoms with Gasteiger partial charge in [-0.15, -0.1) is 0 Å². The molecule has 0 amide bonds. The fourth-order valence-electron chi connectivity index (χ4n) is 2.58. The van der Waals surface area contributed by atoms with Crippen molar-refractivity contribution in [3.8, 4) is 5.75 Å². The lowest BCUT2D eigenvalue weighted by molar-refractivity contribution is 0.320. The number of nitrogens with zero attached hydrogens (tertiary/aromatic N) is 1. The highest BCUT2D eigenvalue weighted by molar-refractivity contribution is 7.89. The van der Waals surface area contributed by atoms with Crippen LogP contribution in [0, 0.1) is 13.8 Å². The van der Waals surface area contributed by atoms with Crippen LogP contribution >= 0.6 is 11.3 Å². The van der Waals surface area contributed by atoms with E-state index in [-0.39, 0.29) is 22.9 Å². The van der Waals surface area contributed by atoms with E-state index >= 15 is 0 Å². The minimum absolute atomic E-state index is 0.121. The normalized spacial score (nSPS) is 11.8. The molecule has 8 heteroatoms. The highest BCUT2D eigenvalue weighted by Crippen LogP contribution is 2.22. The molecular weight excluding hydrogens is 372 g/mol. The number of nitrogens with one attached hydrogen (secondary N) is 1. The lowest BCUT2D eigenvalue weighted by Gasteiger charge is -2.11. The molecule has 0 atom stereocenters. The molecule has 0 saturated heterocycles. The highest BCUT2D eigenvalue weighted by atomic mass is 32.2. The molecule has 0 aliphatic rings. The quantitative estimate of drug-likeness (QED) is 0.654. The zero-order valence-corrected chi connectivity index (χ0v) is 16.4. The maximum Gasteiger partial charge on any atom is 0.307 e. The number of fused-ring (bicyclic) bond motifs is 1. The number of aryl methyl sites for hydroxylation is 2. The lowest BCUT2D eigenvalue weighted by atomic mass is 10.1. The average molecular weight is 393 g/mol. The second-order valence-electron chi connectivity index (χ2n) is 6.00. The van der Waals surface area contributed by atoms with E-state index in [2.05, 4.69) is 4.72 Å². The van der Waals surface area contributed by atoms with E-state index in [0.29, 0.717) is 4.70 Å². The first-order valence-electron chi connectivity index (χ1n) is 8.08. The summed E-state index contributed by atoms with van der Waals surface area (Å²) in [5, 5.41) is 0. The summed E-state index contributed by atoms with van der Waals surface area (Å²) in [6.07, 6.45) is 0. The summed E-state index contributed by atoms with van der Waals surface area (Å²) in [4.78, 5) is 11.7. The predicted molar refractivity (Wildman–Crippen MR) is 104 cm³/mol. The van der Waals surface area contributed by atoms with Crippen LogP contribution in [-0.4, -0.2) is 26.1 Å². The molecule has 1 N–H and O–H groups in total. The highest BCUT2D eigenvalue weighted by Gasteiger charge is 2.16. The van der Waals surface area contributed by atoms with Gasteiger partial charge in [0.1, 0.15) is 12.4 Å². The van der Waals surface area contributed by atoms with Gasteiger partial charge in [-0.3, -0.25) is 4.79 Å². The number of aromatic nitrogens is 1. The maximum atomic E-state index is 12.5. The molecule has 0 bridgehead atoms.